The van der Waals surface area contributed by atoms with Gasteiger partial charge in [0.05, 0.1) is 7.11 Å². The highest BCUT2D eigenvalue weighted by atomic mass is 35.5. The molecule has 1 atom stereocenters. The normalized spacial score (nSPS) is 12.7. The van der Waals surface area contributed by atoms with Crippen molar-refractivity contribution < 1.29 is 14.3 Å². The van der Waals surface area contributed by atoms with E-state index in [0.29, 0.717) is 11.4 Å². The van der Waals surface area contributed by atoms with E-state index in [9.17, 15) is 9.59 Å². The number of rotatable bonds is 4. The number of methoxy groups -OCH3 is 1. The fourth-order valence-corrected chi connectivity index (χ4v) is 1.76. The van der Waals surface area contributed by atoms with Crippen LogP contribution in [0.2, 0.25) is 0 Å². The Hall–Kier alpha value is -1.55. The van der Waals surface area contributed by atoms with Crippen molar-refractivity contribution in [1.29, 1.82) is 0 Å². The number of Topliss-reactive ketones (excluding diaryl/α,β-unsaturated/α-hetero) is 1. The van der Waals surface area contributed by atoms with Crippen molar-refractivity contribution in [2.45, 2.75) is 26.1 Å². The molecule has 1 N–H and O–H groups in total. The highest BCUT2D eigenvalue weighted by Gasteiger charge is 2.33. The van der Waals surface area contributed by atoms with Crippen LogP contribution in [0.4, 0.5) is 5.69 Å². The molecule has 0 bridgehead atoms. The quantitative estimate of drug-likeness (QED) is 0.683. The second-order valence-corrected chi connectivity index (χ2v) is 5.63. The summed E-state index contributed by atoms with van der Waals surface area (Å²) in [4.78, 5) is 23.7. The van der Waals surface area contributed by atoms with Gasteiger partial charge in [-0.3, -0.25) is 9.59 Å². The van der Waals surface area contributed by atoms with Gasteiger partial charge in [0, 0.05) is 11.1 Å². The van der Waals surface area contributed by atoms with E-state index in [4.69, 9.17) is 16.3 Å². The average Bonchev–Trinajstić information content (AvgIpc) is 2.36. The number of anilines is 1. The summed E-state index contributed by atoms with van der Waals surface area (Å²) in [5.41, 5.74) is -0.0814. The van der Waals surface area contributed by atoms with Crippen molar-refractivity contribution in [2.75, 3.05) is 12.4 Å². The van der Waals surface area contributed by atoms with E-state index in [1.165, 1.54) is 0 Å². The lowest BCUT2D eigenvalue weighted by Crippen LogP contribution is -2.37. The number of carbonyl (C=O) groups is 2. The third kappa shape index (κ3) is 4.24. The first-order chi connectivity index (χ1) is 8.75. The molecule has 0 aliphatic rings. The maximum absolute atomic E-state index is 11.9. The Bertz CT molecular complexity index is 463. The summed E-state index contributed by atoms with van der Waals surface area (Å²) in [6.07, 6.45) is 0. The SMILES string of the molecule is COc1ccc(NC(=O)C(Cl)C(=O)C(C)(C)C)cc1. The largest absolute Gasteiger partial charge is 0.497 e. The number of alkyl halides is 1. The Balaban J connectivity index is 2.71. The average molecular weight is 284 g/mol. The summed E-state index contributed by atoms with van der Waals surface area (Å²) in [7, 11) is 1.56. The van der Waals surface area contributed by atoms with E-state index in [1.54, 1.807) is 52.1 Å². The van der Waals surface area contributed by atoms with E-state index in [-0.39, 0.29) is 5.78 Å². The molecule has 0 aliphatic heterocycles. The lowest BCUT2D eigenvalue weighted by molar-refractivity contribution is -0.130. The van der Waals surface area contributed by atoms with Gasteiger partial charge in [0.25, 0.3) is 0 Å². The van der Waals surface area contributed by atoms with Gasteiger partial charge in [-0.15, -0.1) is 11.6 Å². The highest BCUT2D eigenvalue weighted by molar-refractivity contribution is 6.43. The van der Waals surface area contributed by atoms with Gasteiger partial charge in [-0.05, 0) is 24.3 Å². The lowest BCUT2D eigenvalue weighted by atomic mass is 9.88. The monoisotopic (exact) mass is 283 g/mol. The van der Waals surface area contributed by atoms with Gasteiger partial charge in [0.2, 0.25) is 5.91 Å². The predicted molar refractivity (Wildman–Crippen MR) is 75.7 cm³/mol. The molecule has 5 heteroatoms. The van der Waals surface area contributed by atoms with Crippen LogP contribution in [0.15, 0.2) is 24.3 Å². The van der Waals surface area contributed by atoms with Crippen LogP contribution in [0.5, 0.6) is 5.75 Å². The first kappa shape index (κ1) is 15.5. The summed E-state index contributed by atoms with van der Waals surface area (Å²) < 4.78 is 5.01. The molecule has 0 saturated heterocycles. The molecule has 0 radical (unpaired) electrons. The third-order valence-corrected chi connectivity index (χ3v) is 2.95. The zero-order chi connectivity index (χ0) is 14.6. The molecule has 0 spiro atoms. The number of halogens is 1. The predicted octanol–water partition coefficient (Wildman–Crippen LogP) is 2.86. The fourth-order valence-electron chi connectivity index (χ4n) is 1.38. The molecule has 1 rings (SSSR count). The van der Waals surface area contributed by atoms with Crippen LogP contribution in [-0.4, -0.2) is 24.2 Å². The third-order valence-electron chi connectivity index (χ3n) is 2.56. The fraction of sp³-hybridized carbons (Fsp3) is 0.429. The number of benzene rings is 1. The topological polar surface area (TPSA) is 55.4 Å². The molecule has 1 amide bonds. The molecule has 19 heavy (non-hydrogen) atoms. The first-order valence-corrected chi connectivity index (χ1v) is 6.32. The minimum absolute atomic E-state index is 0.305. The van der Waals surface area contributed by atoms with Gasteiger partial charge in [-0.25, -0.2) is 0 Å². The molecule has 4 nitrogen and oxygen atoms in total. The highest BCUT2D eigenvalue weighted by Crippen LogP contribution is 2.21. The summed E-state index contributed by atoms with van der Waals surface area (Å²) in [6, 6.07) is 6.79. The smallest absolute Gasteiger partial charge is 0.250 e. The lowest BCUT2D eigenvalue weighted by Gasteiger charge is -2.20. The molecule has 0 fully saturated rings. The van der Waals surface area contributed by atoms with Crippen molar-refractivity contribution in [3.05, 3.63) is 24.3 Å². The number of nitrogens with one attached hydrogen (secondary N) is 1. The van der Waals surface area contributed by atoms with Gasteiger partial charge < -0.3 is 10.1 Å². The van der Waals surface area contributed by atoms with E-state index in [0.717, 1.165) is 0 Å². The van der Waals surface area contributed by atoms with Crippen LogP contribution in [0.25, 0.3) is 0 Å². The van der Waals surface area contributed by atoms with Crippen LogP contribution in [-0.2, 0) is 9.59 Å². The van der Waals surface area contributed by atoms with Crippen LogP contribution in [0.3, 0.4) is 0 Å². The molecule has 0 aromatic heterocycles. The van der Waals surface area contributed by atoms with E-state index in [2.05, 4.69) is 5.32 Å². The Kier molecular flexibility index (Phi) is 4.95. The van der Waals surface area contributed by atoms with Crippen molar-refractivity contribution in [3.63, 3.8) is 0 Å². The Morgan fingerprint density at radius 3 is 2.16 bits per heavy atom. The van der Waals surface area contributed by atoms with Gasteiger partial charge in [0.15, 0.2) is 11.2 Å². The van der Waals surface area contributed by atoms with Crippen molar-refractivity contribution in [3.8, 4) is 5.75 Å². The van der Waals surface area contributed by atoms with Crippen molar-refractivity contribution in [2.24, 2.45) is 5.41 Å². The molecule has 104 valence electrons. The number of carbonyl (C=O) groups excluding carboxylic acids is 2. The number of amides is 1. The molecular weight excluding hydrogens is 266 g/mol. The van der Waals surface area contributed by atoms with Crippen molar-refractivity contribution >= 4 is 29.0 Å². The standard InChI is InChI=1S/C14H18ClNO3/c1-14(2,3)12(17)11(15)13(18)16-9-5-7-10(19-4)8-6-9/h5-8,11H,1-4H3,(H,16,18). The molecule has 0 heterocycles. The molecular formula is C14H18ClNO3. The number of ketones is 1. The molecule has 0 aliphatic carbocycles. The zero-order valence-corrected chi connectivity index (χ0v) is 12.2. The zero-order valence-electron chi connectivity index (χ0n) is 11.5. The summed E-state index contributed by atoms with van der Waals surface area (Å²) >= 11 is 5.89. The van der Waals surface area contributed by atoms with E-state index >= 15 is 0 Å². The van der Waals surface area contributed by atoms with Gasteiger partial charge in [-0.2, -0.15) is 0 Å². The Morgan fingerprint density at radius 1 is 1.21 bits per heavy atom. The number of ether oxygens (including phenoxy) is 1. The van der Waals surface area contributed by atoms with E-state index in [1.807, 2.05) is 0 Å². The first-order valence-electron chi connectivity index (χ1n) is 5.89. The molecule has 1 aromatic carbocycles. The second kappa shape index (κ2) is 6.06. The molecule has 1 unspecified atom stereocenters. The van der Waals surface area contributed by atoms with Gasteiger partial charge in [0.1, 0.15) is 5.75 Å². The van der Waals surface area contributed by atoms with E-state index < -0.39 is 16.7 Å². The summed E-state index contributed by atoms with van der Waals surface area (Å²) in [5.74, 6) is -0.141. The van der Waals surface area contributed by atoms with Crippen LogP contribution >= 0.6 is 11.6 Å². The molecule has 0 saturated carbocycles. The second-order valence-electron chi connectivity index (χ2n) is 5.19. The van der Waals surface area contributed by atoms with Crippen molar-refractivity contribution in [1.82, 2.24) is 0 Å². The Morgan fingerprint density at radius 2 is 1.74 bits per heavy atom. The Labute approximate surface area is 118 Å². The minimum Gasteiger partial charge on any atom is -0.497 e. The number of hydrogen-bond donors (Lipinski definition) is 1. The van der Waals surface area contributed by atoms with Crippen LogP contribution in [0.1, 0.15) is 20.8 Å². The van der Waals surface area contributed by atoms with Gasteiger partial charge >= 0.3 is 0 Å². The maximum atomic E-state index is 11.9. The molecule has 1 aromatic rings. The van der Waals surface area contributed by atoms with Gasteiger partial charge in [-0.1, -0.05) is 20.8 Å². The summed E-state index contributed by atoms with van der Waals surface area (Å²) in [6.45, 7) is 5.18. The number of hydrogen-bond acceptors (Lipinski definition) is 3. The minimum atomic E-state index is -1.19. The maximum Gasteiger partial charge on any atom is 0.250 e. The van der Waals surface area contributed by atoms with Crippen LogP contribution in [0, 0.1) is 5.41 Å². The summed E-state index contributed by atoms with van der Waals surface area (Å²) in [5, 5.41) is 1.41. The van der Waals surface area contributed by atoms with Crippen LogP contribution < -0.4 is 10.1 Å².